The van der Waals surface area contributed by atoms with E-state index in [-0.39, 0.29) is 0 Å². The Morgan fingerprint density at radius 2 is 0.958 bits per heavy atom. The number of hydrogen-bond acceptors (Lipinski definition) is 2. The van der Waals surface area contributed by atoms with Crippen molar-refractivity contribution < 1.29 is 9.47 Å². The van der Waals surface area contributed by atoms with Gasteiger partial charge >= 0.3 is 0 Å². The Morgan fingerprint density at radius 1 is 0.542 bits per heavy atom. The first-order chi connectivity index (χ1) is 11.9. The largest absolute Gasteiger partial charge is 0.457 e. The third-order valence-electron chi connectivity index (χ3n) is 3.88. The minimum absolute atomic E-state index is 0.865. The highest BCUT2D eigenvalue weighted by molar-refractivity contribution is 5.85. The molecule has 0 aliphatic carbocycles. The SMILES string of the molecule is C1CO1.c1ccc2cc(Oc3ccc4ccccc4c3)ccc2c1. The average Bonchev–Trinajstić information content (AvgIpc) is 3.51. The highest BCUT2D eigenvalue weighted by atomic mass is 16.6. The molecule has 0 amide bonds. The lowest BCUT2D eigenvalue weighted by atomic mass is 10.1. The maximum Gasteiger partial charge on any atom is 0.128 e. The molecule has 2 nitrogen and oxygen atoms in total. The molecule has 1 aliphatic heterocycles. The van der Waals surface area contributed by atoms with Crippen molar-refractivity contribution in [1.29, 1.82) is 0 Å². The number of fused-ring (bicyclic) bond motifs is 2. The third-order valence-corrected chi connectivity index (χ3v) is 3.88. The van der Waals surface area contributed by atoms with Gasteiger partial charge in [0, 0.05) is 0 Å². The molecule has 1 fully saturated rings. The van der Waals surface area contributed by atoms with Crippen LogP contribution in [0.15, 0.2) is 84.9 Å². The van der Waals surface area contributed by atoms with Crippen LogP contribution in [-0.4, -0.2) is 13.2 Å². The van der Waals surface area contributed by atoms with Gasteiger partial charge < -0.3 is 9.47 Å². The Bertz CT molecular complexity index is 893. The molecular weight excluding hydrogens is 296 g/mol. The number of benzene rings is 4. The van der Waals surface area contributed by atoms with Gasteiger partial charge in [0.15, 0.2) is 0 Å². The highest BCUT2D eigenvalue weighted by Crippen LogP contribution is 2.28. The lowest BCUT2D eigenvalue weighted by molar-refractivity contribution is 0.475. The summed E-state index contributed by atoms with van der Waals surface area (Å²) in [6.07, 6.45) is 0. The highest BCUT2D eigenvalue weighted by Gasteiger charge is 2.01. The summed E-state index contributed by atoms with van der Waals surface area (Å²) in [4.78, 5) is 0. The van der Waals surface area contributed by atoms with Crippen LogP contribution in [0, 0.1) is 0 Å². The van der Waals surface area contributed by atoms with Crippen LogP contribution in [-0.2, 0) is 4.74 Å². The zero-order chi connectivity index (χ0) is 16.2. The quantitative estimate of drug-likeness (QED) is 0.436. The van der Waals surface area contributed by atoms with E-state index < -0.39 is 0 Å². The third kappa shape index (κ3) is 3.55. The van der Waals surface area contributed by atoms with Crippen LogP contribution in [0.4, 0.5) is 0 Å². The molecule has 0 saturated carbocycles. The van der Waals surface area contributed by atoms with Crippen LogP contribution in [0.2, 0.25) is 0 Å². The zero-order valence-electron chi connectivity index (χ0n) is 13.3. The zero-order valence-corrected chi connectivity index (χ0v) is 13.3. The maximum atomic E-state index is 5.99. The molecule has 24 heavy (non-hydrogen) atoms. The van der Waals surface area contributed by atoms with Gasteiger partial charge in [-0.1, -0.05) is 60.7 Å². The van der Waals surface area contributed by atoms with Crippen LogP contribution in [0.1, 0.15) is 0 Å². The molecule has 1 heterocycles. The van der Waals surface area contributed by atoms with Crippen molar-refractivity contribution >= 4 is 21.5 Å². The molecule has 4 aromatic rings. The van der Waals surface area contributed by atoms with Gasteiger partial charge in [0.25, 0.3) is 0 Å². The number of ether oxygens (including phenoxy) is 2. The van der Waals surface area contributed by atoms with Gasteiger partial charge in [-0.3, -0.25) is 0 Å². The van der Waals surface area contributed by atoms with E-state index in [9.17, 15) is 0 Å². The molecule has 1 saturated heterocycles. The first-order valence-corrected chi connectivity index (χ1v) is 8.12. The second-order valence-electron chi connectivity index (χ2n) is 5.73. The lowest BCUT2D eigenvalue weighted by Gasteiger charge is -2.08. The predicted octanol–water partition coefficient (Wildman–Crippen LogP) is 5.80. The Balaban J connectivity index is 0.000000440. The molecule has 0 atom stereocenters. The standard InChI is InChI=1S/C20H14O.C2H4O/c1-3-7-17-13-19(11-9-15(17)5-1)21-20-12-10-16-6-2-4-8-18(16)14-20;1-2-3-1/h1-14H;1-2H2. The van der Waals surface area contributed by atoms with Crippen molar-refractivity contribution in [3.8, 4) is 11.5 Å². The molecule has 0 N–H and O–H groups in total. The van der Waals surface area contributed by atoms with Crippen molar-refractivity contribution in [3.63, 3.8) is 0 Å². The molecule has 0 unspecified atom stereocenters. The van der Waals surface area contributed by atoms with Crippen molar-refractivity contribution in [2.24, 2.45) is 0 Å². The molecule has 1 aliphatic rings. The topological polar surface area (TPSA) is 21.8 Å². The number of epoxide rings is 1. The summed E-state index contributed by atoms with van der Waals surface area (Å²) in [7, 11) is 0. The van der Waals surface area contributed by atoms with E-state index in [1.807, 2.05) is 36.4 Å². The molecule has 0 bridgehead atoms. The summed E-state index contributed by atoms with van der Waals surface area (Å²) in [5, 5.41) is 4.83. The lowest BCUT2D eigenvalue weighted by Crippen LogP contribution is -1.84. The predicted molar refractivity (Wildman–Crippen MR) is 98.8 cm³/mol. The Labute approximate surface area is 141 Å². The Morgan fingerprint density at radius 3 is 1.38 bits per heavy atom. The van der Waals surface area contributed by atoms with E-state index in [1.165, 1.54) is 21.5 Å². The van der Waals surface area contributed by atoms with Gasteiger partial charge in [-0.15, -0.1) is 0 Å². The van der Waals surface area contributed by atoms with Crippen molar-refractivity contribution in [2.75, 3.05) is 13.2 Å². The van der Waals surface area contributed by atoms with Crippen molar-refractivity contribution in [1.82, 2.24) is 0 Å². The van der Waals surface area contributed by atoms with E-state index in [2.05, 4.69) is 53.3 Å². The van der Waals surface area contributed by atoms with E-state index >= 15 is 0 Å². The van der Waals surface area contributed by atoms with Crippen LogP contribution in [0.25, 0.3) is 21.5 Å². The molecular formula is C22H18O2. The van der Waals surface area contributed by atoms with Gasteiger partial charge in [0.1, 0.15) is 11.5 Å². The molecule has 5 rings (SSSR count). The fourth-order valence-corrected chi connectivity index (χ4v) is 2.60. The van der Waals surface area contributed by atoms with Gasteiger partial charge in [0.2, 0.25) is 0 Å². The van der Waals surface area contributed by atoms with Crippen LogP contribution >= 0.6 is 0 Å². The first-order valence-electron chi connectivity index (χ1n) is 8.12. The molecule has 4 aromatic carbocycles. The monoisotopic (exact) mass is 314 g/mol. The minimum Gasteiger partial charge on any atom is -0.457 e. The summed E-state index contributed by atoms with van der Waals surface area (Å²) >= 11 is 0. The Kier molecular flexibility index (Phi) is 4.13. The van der Waals surface area contributed by atoms with Gasteiger partial charge in [-0.2, -0.15) is 0 Å². The van der Waals surface area contributed by atoms with E-state index in [0.717, 1.165) is 24.7 Å². The first kappa shape index (κ1) is 14.7. The molecule has 0 radical (unpaired) electrons. The van der Waals surface area contributed by atoms with Gasteiger partial charge in [0.05, 0.1) is 13.2 Å². The van der Waals surface area contributed by atoms with E-state index in [4.69, 9.17) is 4.74 Å². The molecule has 2 heteroatoms. The summed E-state index contributed by atoms with van der Waals surface area (Å²) in [6, 6.07) is 28.9. The van der Waals surface area contributed by atoms with Crippen molar-refractivity contribution in [2.45, 2.75) is 0 Å². The summed E-state index contributed by atoms with van der Waals surface area (Å²) in [6.45, 7) is 2.00. The second kappa shape index (κ2) is 6.73. The fraction of sp³-hybridized carbons (Fsp3) is 0.0909. The average molecular weight is 314 g/mol. The van der Waals surface area contributed by atoms with Crippen LogP contribution in [0.3, 0.4) is 0 Å². The normalized spacial score (nSPS) is 12.5. The van der Waals surface area contributed by atoms with Crippen molar-refractivity contribution in [3.05, 3.63) is 84.9 Å². The Hall–Kier alpha value is -2.84. The summed E-state index contributed by atoms with van der Waals surface area (Å²) < 4.78 is 10.5. The fourth-order valence-electron chi connectivity index (χ4n) is 2.60. The van der Waals surface area contributed by atoms with Crippen LogP contribution < -0.4 is 4.74 Å². The minimum atomic E-state index is 0.865. The smallest absolute Gasteiger partial charge is 0.128 e. The van der Waals surface area contributed by atoms with Crippen LogP contribution in [0.5, 0.6) is 11.5 Å². The van der Waals surface area contributed by atoms with E-state index in [0.29, 0.717) is 0 Å². The number of rotatable bonds is 2. The summed E-state index contributed by atoms with van der Waals surface area (Å²) in [5.41, 5.74) is 0. The summed E-state index contributed by atoms with van der Waals surface area (Å²) in [5.74, 6) is 1.73. The van der Waals surface area contributed by atoms with Gasteiger partial charge in [-0.25, -0.2) is 0 Å². The second-order valence-corrected chi connectivity index (χ2v) is 5.73. The van der Waals surface area contributed by atoms with Gasteiger partial charge in [-0.05, 0) is 45.8 Å². The molecule has 0 aromatic heterocycles. The number of hydrogen-bond donors (Lipinski definition) is 0. The maximum absolute atomic E-state index is 5.99. The molecule has 118 valence electrons. The molecule has 0 spiro atoms. The van der Waals surface area contributed by atoms with E-state index in [1.54, 1.807) is 0 Å².